The molecule has 3 rings (SSSR count). The number of fused-ring (bicyclic) bond motifs is 1. The van der Waals surface area contributed by atoms with Gasteiger partial charge in [-0.25, -0.2) is 0 Å². The largest absolute Gasteiger partial charge is 0.394 e. The van der Waals surface area contributed by atoms with Crippen molar-refractivity contribution >= 4 is 16.7 Å². The van der Waals surface area contributed by atoms with Gasteiger partial charge in [0.25, 0.3) is 0 Å². The molecule has 0 amide bonds. The highest BCUT2D eigenvalue weighted by Crippen LogP contribution is 2.27. The molecule has 0 saturated carbocycles. The van der Waals surface area contributed by atoms with Gasteiger partial charge in [0.05, 0.1) is 30.6 Å². The van der Waals surface area contributed by atoms with Crippen LogP contribution in [0.1, 0.15) is 5.56 Å². The van der Waals surface area contributed by atoms with E-state index in [-0.39, 0.29) is 12.7 Å². The molecule has 1 aromatic carbocycles. The fourth-order valence-corrected chi connectivity index (χ4v) is 2.44. The van der Waals surface area contributed by atoms with Crippen LogP contribution in [0.3, 0.4) is 0 Å². The highest BCUT2D eigenvalue weighted by atomic mass is 16.5. The molecule has 2 aromatic rings. The Balaban J connectivity index is 2.06. The topological polar surface area (TPSA) is 82.3 Å². The van der Waals surface area contributed by atoms with Crippen molar-refractivity contribution in [2.45, 2.75) is 6.10 Å². The summed E-state index contributed by atoms with van der Waals surface area (Å²) in [5.74, 6) is 0. The van der Waals surface area contributed by atoms with Gasteiger partial charge in [0.2, 0.25) is 0 Å². The number of hydrogen-bond donors (Lipinski definition) is 1. The Bertz CT molecular complexity index is 668. The van der Waals surface area contributed by atoms with Crippen LogP contribution < -0.4 is 4.90 Å². The fourth-order valence-electron chi connectivity index (χ4n) is 2.44. The first kappa shape index (κ1) is 12.8. The Hall–Kier alpha value is -2.23. The molecule has 1 aliphatic rings. The molecule has 1 saturated heterocycles. The third-order valence-corrected chi connectivity index (χ3v) is 3.41. The van der Waals surface area contributed by atoms with E-state index in [1.807, 2.05) is 6.07 Å². The molecule has 6 nitrogen and oxygen atoms in total. The first-order chi connectivity index (χ1) is 9.83. The van der Waals surface area contributed by atoms with Crippen LogP contribution in [-0.2, 0) is 4.74 Å². The Morgan fingerprint density at radius 1 is 1.35 bits per heavy atom. The number of aromatic nitrogens is 2. The standard InChI is InChI=1S/C14H14N4O2/c15-7-10-1-2-12(14-13(10)16-3-4-17-14)18-5-6-20-11(8-18)9-19/h1-4,11,19H,5-6,8-9H2. The van der Waals surface area contributed by atoms with Crippen molar-refractivity contribution in [2.24, 2.45) is 0 Å². The van der Waals surface area contributed by atoms with Gasteiger partial charge < -0.3 is 14.7 Å². The predicted molar refractivity (Wildman–Crippen MR) is 73.3 cm³/mol. The molecule has 1 unspecified atom stereocenters. The van der Waals surface area contributed by atoms with E-state index in [1.165, 1.54) is 0 Å². The summed E-state index contributed by atoms with van der Waals surface area (Å²) < 4.78 is 5.46. The van der Waals surface area contributed by atoms with Crippen LogP contribution in [0.15, 0.2) is 24.5 Å². The maximum Gasteiger partial charge on any atom is 0.113 e. The smallest absolute Gasteiger partial charge is 0.113 e. The van der Waals surface area contributed by atoms with Crippen molar-refractivity contribution in [1.82, 2.24) is 9.97 Å². The zero-order valence-electron chi connectivity index (χ0n) is 10.9. The number of benzene rings is 1. The highest BCUT2D eigenvalue weighted by Gasteiger charge is 2.22. The van der Waals surface area contributed by atoms with Gasteiger partial charge in [0, 0.05) is 25.5 Å². The van der Waals surface area contributed by atoms with Gasteiger partial charge in [-0.3, -0.25) is 9.97 Å². The summed E-state index contributed by atoms with van der Waals surface area (Å²) in [5, 5.41) is 18.4. The first-order valence-corrected chi connectivity index (χ1v) is 6.44. The highest BCUT2D eigenvalue weighted by molar-refractivity contribution is 5.91. The molecule has 1 aliphatic heterocycles. The lowest BCUT2D eigenvalue weighted by Crippen LogP contribution is -2.44. The van der Waals surface area contributed by atoms with Crippen LogP contribution in [-0.4, -0.2) is 47.5 Å². The van der Waals surface area contributed by atoms with Crippen LogP contribution in [0, 0.1) is 11.3 Å². The molecular weight excluding hydrogens is 256 g/mol. The first-order valence-electron chi connectivity index (χ1n) is 6.44. The molecule has 6 heteroatoms. The number of rotatable bonds is 2. The maximum atomic E-state index is 9.23. The van der Waals surface area contributed by atoms with E-state index >= 15 is 0 Å². The number of hydrogen-bond acceptors (Lipinski definition) is 6. The van der Waals surface area contributed by atoms with Gasteiger partial charge in [0.15, 0.2) is 0 Å². The Morgan fingerprint density at radius 2 is 2.15 bits per heavy atom. The summed E-state index contributed by atoms with van der Waals surface area (Å²) >= 11 is 0. The van der Waals surface area contributed by atoms with E-state index in [0.717, 1.165) is 12.2 Å². The molecule has 2 heterocycles. The summed E-state index contributed by atoms with van der Waals surface area (Å²) in [6, 6.07) is 5.78. The van der Waals surface area contributed by atoms with Gasteiger partial charge in [0.1, 0.15) is 17.1 Å². The van der Waals surface area contributed by atoms with Gasteiger partial charge >= 0.3 is 0 Å². The average Bonchev–Trinajstić information content (AvgIpc) is 2.54. The Kier molecular flexibility index (Phi) is 3.46. The summed E-state index contributed by atoms with van der Waals surface area (Å²) in [6.45, 7) is 1.89. The minimum absolute atomic E-state index is 0.00358. The minimum atomic E-state index is -0.189. The molecule has 0 spiro atoms. The monoisotopic (exact) mass is 270 g/mol. The lowest BCUT2D eigenvalue weighted by atomic mass is 10.1. The van der Waals surface area contributed by atoms with E-state index < -0.39 is 0 Å². The SMILES string of the molecule is N#Cc1ccc(N2CCOC(CO)C2)c2nccnc12. The van der Waals surface area contributed by atoms with E-state index in [1.54, 1.807) is 18.5 Å². The van der Waals surface area contributed by atoms with Crippen molar-refractivity contribution in [3.63, 3.8) is 0 Å². The summed E-state index contributed by atoms with van der Waals surface area (Å²) in [7, 11) is 0. The minimum Gasteiger partial charge on any atom is -0.394 e. The summed E-state index contributed by atoms with van der Waals surface area (Å²) in [4.78, 5) is 10.7. The zero-order valence-corrected chi connectivity index (χ0v) is 10.9. The lowest BCUT2D eigenvalue weighted by molar-refractivity contribution is 0.00363. The van der Waals surface area contributed by atoms with Gasteiger partial charge in [-0.2, -0.15) is 5.26 Å². The molecule has 0 bridgehead atoms. The number of ether oxygens (including phenoxy) is 1. The van der Waals surface area contributed by atoms with E-state index in [2.05, 4.69) is 20.9 Å². The van der Waals surface area contributed by atoms with Crippen molar-refractivity contribution in [2.75, 3.05) is 31.2 Å². The van der Waals surface area contributed by atoms with E-state index in [4.69, 9.17) is 10.00 Å². The second-order valence-electron chi connectivity index (χ2n) is 4.62. The number of aliphatic hydroxyl groups excluding tert-OH is 1. The second-order valence-corrected chi connectivity index (χ2v) is 4.62. The molecule has 0 radical (unpaired) electrons. The predicted octanol–water partition coefficient (Wildman–Crippen LogP) is 0.699. The summed E-state index contributed by atoms with van der Waals surface area (Å²) in [5.41, 5.74) is 2.77. The zero-order chi connectivity index (χ0) is 13.9. The second kappa shape index (κ2) is 5.41. The van der Waals surface area contributed by atoms with Crippen LogP contribution in [0.5, 0.6) is 0 Å². The Labute approximate surface area is 116 Å². The van der Waals surface area contributed by atoms with Crippen LogP contribution in [0.2, 0.25) is 0 Å². The molecule has 1 N–H and O–H groups in total. The van der Waals surface area contributed by atoms with Crippen LogP contribution >= 0.6 is 0 Å². The number of nitriles is 1. The quantitative estimate of drug-likeness (QED) is 0.865. The molecule has 102 valence electrons. The van der Waals surface area contributed by atoms with Gasteiger partial charge in [-0.15, -0.1) is 0 Å². The fraction of sp³-hybridized carbons (Fsp3) is 0.357. The van der Waals surface area contributed by atoms with Crippen LogP contribution in [0.4, 0.5) is 5.69 Å². The molecular formula is C14H14N4O2. The Morgan fingerprint density at radius 3 is 2.90 bits per heavy atom. The lowest BCUT2D eigenvalue weighted by Gasteiger charge is -2.34. The third-order valence-electron chi connectivity index (χ3n) is 3.41. The van der Waals surface area contributed by atoms with E-state index in [0.29, 0.717) is 29.7 Å². The van der Waals surface area contributed by atoms with Gasteiger partial charge in [-0.1, -0.05) is 0 Å². The number of anilines is 1. The van der Waals surface area contributed by atoms with Crippen molar-refractivity contribution in [1.29, 1.82) is 5.26 Å². The van der Waals surface area contributed by atoms with E-state index in [9.17, 15) is 5.11 Å². The van der Waals surface area contributed by atoms with Gasteiger partial charge in [-0.05, 0) is 12.1 Å². The number of aliphatic hydroxyl groups is 1. The molecule has 20 heavy (non-hydrogen) atoms. The van der Waals surface area contributed by atoms with Crippen LogP contribution in [0.25, 0.3) is 11.0 Å². The number of nitrogens with zero attached hydrogens (tertiary/aromatic N) is 4. The molecule has 0 aliphatic carbocycles. The third kappa shape index (κ3) is 2.18. The van der Waals surface area contributed by atoms with Crippen molar-refractivity contribution < 1.29 is 9.84 Å². The molecule has 1 atom stereocenters. The average molecular weight is 270 g/mol. The maximum absolute atomic E-state index is 9.23. The van der Waals surface area contributed by atoms with Crippen molar-refractivity contribution in [3.05, 3.63) is 30.1 Å². The van der Waals surface area contributed by atoms with Crippen molar-refractivity contribution in [3.8, 4) is 6.07 Å². The number of morpholine rings is 1. The molecule has 1 aromatic heterocycles. The molecule has 1 fully saturated rings. The normalized spacial score (nSPS) is 19.0. The summed E-state index contributed by atoms with van der Waals surface area (Å²) in [6.07, 6.45) is 3.02.